The molecule has 0 saturated carbocycles. The van der Waals surface area contributed by atoms with Gasteiger partial charge >= 0.3 is 0 Å². The van der Waals surface area contributed by atoms with Gasteiger partial charge in [-0.25, -0.2) is 9.97 Å². The molecule has 0 radical (unpaired) electrons. The van der Waals surface area contributed by atoms with Crippen molar-refractivity contribution in [2.24, 2.45) is 5.92 Å². The summed E-state index contributed by atoms with van der Waals surface area (Å²) < 4.78 is 11.1. The Morgan fingerprint density at radius 1 is 0.962 bits per heavy atom. The Balaban J connectivity index is 1.42. The lowest BCUT2D eigenvalue weighted by molar-refractivity contribution is 0.0353. The van der Waals surface area contributed by atoms with Crippen molar-refractivity contribution < 1.29 is 9.47 Å². The van der Waals surface area contributed by atoms with Gasteiger partial charge < -0.3 is 14.4 Å². The number of ether oxygens (including phenoxy) is 2. The first kappa shape index (κ1) is 14.8. The number of piperidine rings is 3. The van der Waals surface area contributed by atoms with Crippen LogP contribution < -0.4 is 14.4 Å². The average Bonchev–Trinajstić information content (AvgIpc) is 3.35. The van der Waals surface area contributed by atoms with E-state index in [-0.39, 0.29) is 0 Å². The quantitative estimate of drug-likeness (QED) is 0.828. The van der Waals surface area contributed by atoms with Gasteiger partial charge in [0.1, 0.15) is 0 Å². The number of nitrogens with zero attached hydrogens (tertiary/aromatic N) is 4. The minimum Gasteiger partial charge on any atom is -0.454 e. The van der Waals surface area contributed by atoms with E-state index in [0.717, 1.165) is 29.9 Å². The topological polar surface area (TPSA) is 50.7 Å². The van der Waals surface area contributed by atoms with Crippen molar-refractivity contribution in [1.29, 1.82) is 0 Å². The monoisotopic (exact) mass is 350 g/mol. The van der Waals surface area contributed by atoms with Gasteiger partial charge in [-0.3, -0.25) is 4.90 Å². The van der Waals surface area contributed by atoms with Crippen molar-refractivity contribution in [3.8, 4) is 11.5 Å². The molecule has 6 heteroatoms. The number of benzene rings is 1. The minimum atomic E-state index is 0.327. The van der Waals surface area contributed by atoms with Gasteiger partial charge in [0.15, 0.2) is 11.5 Å². The molecule has 1 aromatic heterocycles. The standard InChI is InChI=1S/C20H22N4O2/c1-6-21-20(22-7-1)24-11-15(14-2-3-16-17(10-14)26-12-25-16)19-18(24)13-4-8-23(19)9-5-13/h1-3,6-7,10,13,15,18-19H,4-5,8-9,11-12H2/t15-,18+,19+/m1/s1. The zero-order chi connectivity index (χ0) is 17.1. The van der Waals surface area contributed by atoms with Crippen molar-refractivity contribution >= 4 is 5.95 Å². The van der Waals surface area contributed by atoms with Gasteiger partial charge in [-0.1, -0.05) is 6.07 Å². The second-order valence-electron chi connectivity index (χ2n) is 7.77. The van der Waals surface area contributed by atoms with E-state index in [4.69, 9.17) is 9.47 Å². The molecule has 4 saturated heterocycles. The van der Waals surface area contributed by atoms with E-state index in [1.165, 1.54) is 31.5 Å². The molecule has 5 aliphatic rings. The fourth-order valence-electron chi connectivity index (χ4n) is 5.53. The minimum absolute atomic E-state index is 0.327. The van der Waals surface area contributed by atoms with Crippen molar-refractivity contribution in [3.05, 3.63) is 42.2 Å². The largest absolute Gasteiger partial charge is 0.454 e. The first-order chi connectivity index (χ1) is 12.9. The van der Waals surface area contributed by atoms with Crippen molar-refractivity contribution in [2.45, 2.75) is 30.8 Å². The van der Waals surface area contributed by atoms with E-state index in [1.54, 1.807) is 0 Å². The van der Waals surface area contributed by atoms with Crippen LogP contribution in [-0.4, -0.2) is 53.4 Å². The highest BCUT2D eigenvalue weighted by Crippen LogP contribution is 2.48. The lowest BCUT2D eigenvalue weighted by Gasteiger charge is -2.51. The van der Waals surface area contributed by atoms with Crippen LogP contribution in [0.15, 0.2) is 36.7 Å². The van der Waals surface area contributed by atoms with E-state index in [9.17, 15) is 0 Å². The van der Waals surface area contributed by atoms with Crippen LogP contribution in [0.1, 0.15) is 24.3 Å². The van der Waals surface area contributed by atoms with Gasteiger partial charge in [0, 0.05) is 30.9 Å². The third-order valence-corrected chi connectivity index (χ3v) is 6.63. The van der Waals surface area contributed by atoms with Crippen molar-refractivity contribution in [1.82, 2.24) is 14.9 Å². The summed E-state index contributed by atoms with van der Waals surface area (Å²) in [5, 5.41) is 0. The third-order valence-electron chi connectivity index (χ3n) is 6.63. The number of anilines is 1. The molecule has 26 heavy (non-hydrogen) atoms. The van der Waals surface area contributed by atoms with Crippen LogP contribution in [0.2, 0.25) is 0 Å². The Kier molecular flexibility index (Phi) is 3.17. The van der Waals surface area contributed by atoms with Crippen molar-refractivity contribution in [3.63, 3.8) is 0 Å². The molecule has 3 atom stereocenters. The molecule has 0 unspecified atom stereocenters. The number of hydrogen-bond donors (Lipinski definition) is 0. The predicted molar refractivity (Wildman–Crippen MR) is 96.6 cm³/mol. The lowest BCUT2D eigenvalue weighted by Crippen LogP contribution is -2.60. The Morgan fingerprint density at radius 2 is 1.77 bits per heavy atom. The summed E-state index contributed by atoms with van der Waals surface area (Å²) in [4.78, 5) is 14.3. The van der Waals surface area contributed by atoms with Gasteiger partial charge in [0.25, 0.3) is 0 Å². The molecule has 1 aromatic carbocycles. The predicted octanol–water partition coefficient (Wildman–Crippen LogP) is 2.27. The van der Waals surface area contributed by atoms with Crippen LogP contribution in [0.4, 0.5) is 5.95 Å². The van der Waals surface area contributed by atoms with E-state index >= 15 is 0 Å². The molecule has 4 fully saturated rings. The lowest BCUT2D eigenvalue weighted by atomic mass is 9.75. The molecule has 0 aliphatic carbocycles. The molecule has 2 aromatic rings. The molecule has 0 N–H and O–H groups in total. The summed E-state index contributed by atoms with van der Waals surface area (Å²) in [5.74, 6) is 3.80. The highest BCUT2D eigenvalue weighted by atomic mass is 16.7. The molecular formula is C20H22N4O2. The Hall–Kier alpha value is -2.34. The summed E-state index contributed by atoms with van der Waals surface area (Å²) in [6, 6.07) is 9.40. The fourth-order valence-corrected chi connectivity index (χ4v) is 5.53. The van der Waals surface area contributed by atoms with Crippen LogP contribution in [0.3, 0.4) is 0 Å². The first-order valence-corrected chi connectivity index (χ1v) is 9.56. The molecule has 5 aliphatic heterocycles. The third kappa shape index (κ3) is 2.08. The summed E-state index contributed by atoms with van der Waals surface area (Å²) in [5.41, 5.74) is 1.34. The summed E-state index contributed by atoms with van der Waals surface area (Å²) >= 11 is 0. The Morgan fingerprint density at radius 3 is 2.62 bits per heavy atom. The number of aromatic nitrogens is 2. The molecule has 0 spiro atoms. The molecule has 0 amide bonds. The Bertz CT molecular complexity index is 822. The highest BCUT2D eigenvalue weighted by molar-refractivity contribution is 5.48. The zero-order valence-electron chi connectivity index (χ0n) is 14.6. The van der Waals surface area contributed by atoms with Gasteiger partial charge in [-0.05, 0) is 55.6 Å². The smallest absolute Gasteiger partial charge is 0.231 e. The number of rotatable bonds is 2. The van der Waals surface area contributed by atoms with Crippen LogP contribution >= 0.6 is 0 Å². The SMILES string of the molecule is c1cnc(N2C[C@H](c3ccc4c(c3)OCO4)[C@H]3[C@@H]2C2CCN3CC2)nc1. The first-order valence-electron chi connectivity index (χ1n) is 9.56. The fraction of sp³-hybridized carbons (Fsp3) is 0.500. The zero-order valence-corrected chi connectivity index (χ0v) is 14.6. The van der Waals surface area contributed by atoms with Crippen LogP contribution in [0.25, 0.3) is 0 Å². The summed E-state index contributed by atoms with van der Waals surface area (Å²) in [7, 11) is 0. The van der Waals surface area contributed by atoms with E-state index in [2.05, 4.69) is 38.0 Å². The Labute approximate surface area is 152 Å². The molecule has 6 nitrogen and oxygen atoms in total. The molecule has 134 valence electrons. The van der Waals surface area contributed by atoms with Gasteiger partial charge in [-0.15, -0.1) is 0 Å². The second kappa shape index (κ2) is 5.58. The van der Waals surface area contributed by atoms with Crippen LogP contribution in [-0.2, 0) is 0 Å². The maximum absolute atomic E-state index is 5.63. The van der Waals surface area contributed by atoms with Gasteiger partial charge in [0.05, 0.1) is 6.04 Å². The van der Waals surface area contributed by atoms with Gasteiger partial charge in [0.2, 0.25) is 12.7 Å². The molecule has 6 heterocycles. The maximum Gasteiger partial charge on any atom is 0.231 e. The number of fused-ring (bicyclic) bond motifs is 3. The second-order valence-corrected chi connectivity index (χ2v) is 7.77. The van der Waals surface area contributed by atoms with Gasteiger partial charge in [-0.2, -0.15) is 0 Å². The highest BCUT2D eigenvalue weighted by Gasteiger charge is 2.54. The maximum atomic E-state index is 5.63. The van der Waals surface area contributed by atoms with Crippen LogP contribution in [0.5, 0.6) is 11.5 Å². The van der Waals surface area contributed by atoms with E-state index in [1.807, 2.05) is 18.5 Å². The van der Waals surface area contributed by atoms with Crippen LogP contribution in [0, 0.1) is 5.92 Å². The molecule has 2 bridgehead atoms. The molecule has 7 rings (SSSR count). The normalized spacial score (nSPS) is 34.2. The van der Waals surface area contributed by atoms with E-state index in [0.29, 0.717) is 24.8 Å². The van der Waals surface area contributed by atoms with Crippen molar-refractivity contribution in [2.75, 3.05) is 31.3 Å². The summed E-state index contributed by atoms with van der Waals surface area (Å²) in [6.07, 6.45) is 6.29. The summed E-state index contributed by atoms with van der Waals surface area (Å²) in [6.45, 7) is 3.73. The van der Waals surface area contributed by atoms with E-state index < -0.39 is 0 Å². The average molecular weight is 350 g/mol. The molecular weight excluding hydrogens is 328 g/mol. The number of hydrogen-bond acceptors (Lipinski definition) is 6.